The third kappa shape index (κ3) is 3.67. The van der Waals surface area contributed by atoms with Gasteiger partial charge in [0.25, 0.3) is 5.91 Å². The van der Waals surface area contributed by atoms with E-state index >= 15 is 0 Å². The highest BCUT2D eigenvalue weighted by Crippen LogP contribution is 2.23. The van der Waals surface area contributed by atoms with Gasteiger partial charge in [0.15, 0.2) is 5.13 Å². The van der Waals surface area contributed by atoms with Crippen molar-refractivity contribution in [3.63, 3.8) is 0 Å². The molecule has 0 aliphatic carbocycles. The second-order valence-electron chi connectivity index (χ2n) is 5.05. The van der Waals surface area contributed by atoms with Crippen LogP contribution in [0.25, 0.3) is 0 Å². The number of carbonyl (C=O) groups is 1. The zero-order valence-corrected chi connectivity index (χ0v) is 11.7. The molecule has 1 heterocycles. The molecule has 0 unspecified atom stereocenters. The number of aryl methyl sites for hydroxylation is 1. The third-order valence-corrected chi connectivity index (χ3v) is 3.05. The summed E-state index contributed by atoms with van der Waals surface area (Å²) in [4.78, 5) is 21.9. The molecule has 0 bridgehead atoms. The van der Waals surface area contributed by atoms with Gasteiger partial charge in [0, 0.05) is 0 Å². The van der Waals surface area contributed by atoms with E-state index in [-0.39, 0.29) is 11.3 Å². The van der Waals surface area contributed by atoms with E-state index in [1.807, 2.05) is 20.8 Å². The molecule has 0 aliphatic heterocycles. The van der Waals surface area contributed by atoms with Crippen LogP contribution in [-0.2, 0) is 4.84 Å². The number of rotatable bonds is 3. The second-order valence-corrected chi connectivity index (χ2v) is 6.08. The summed E-state index contributed by atoms with van der Waals surface area (Å²) in [6.07, 6.45) is 0. The van der Waals surface area contributed by atoms with E-state index in [9.17, 15) is 4.79 Å². The van der Waals surface area contributed by atoms with Crippen molar-refractivity contribution in [2.24, 2.45) is 5.41 Å². The molecule has 0 atom stereocenters. The lowest BCUT2D eigenvalue weighted by Crippen LogP contribution is -2.36. The Morgan fingerprint density at radius 3 is 2.47 bits per heavy atom. The number of nitrogens with zero attached hydrogens (tertiary/aromatic N) is 2. The van der Waals surface area contributed by atoms with Crippen LogP contribution in [0.1, 0.15) is 36.1 Å². The lowest BCUT2D eigenvalue weighted by molar-refractivity contribution is -0.110. The molecule has 6 heteroatoms. The van der Waals surface area contributed by atoms with E-state index in [2.05, 4.69) is 4.98 Å². The highest BCUT2D eigenvalue weighted by atomic mass is 32.1. The van der Waals surface area contributed by atoms with Crippen LogP contribution in [0.15, 0.2) is 0 Å². The predicted molar refractivity (Wildman–Crippen MR) is 68.8 cm³/mol. The van der Waals surface area contributed by atoms with E-state index < -0.39 is 0 Å². The highest BCUT2D eigenvalue weighted by molar-refractivity contribution is 7.17. The van der Waals surface area contributed by atoms with Crippen LogP contribution in [0.2, 0.25) is 0 Å². The molecule has 1 aromatic rings. The van der Waals surface area contributed by atoms with Crippen molar-refractivity contribution in [1.29, 1.82) is 0 Å². The fourth-order valence-electron chi connectivity index (χ4n) is 1.38. The molecular weight excluding hydrogens is 238 g/mol. The smallest absolute Gasteiger partial charge is 0.289 e. The molecule has 17 heavy (non-hydrogen) atoms. The molecule has 1 amide bonds. The van der Waals surface area contributed by atoms with Gasteiger partial charge in [-0.2, -0.15) is 0 Å². The average Bonchev–Trinajstić information content (AvgIpc) is 2.52. The van der Waals surface area contributed by atoms with Crippen LogP contribution in [0.5, 0.6) is 0 Å². The normalized spacial score (nSPS) is 11.6. The van der Waals surface area contributed by atoms with E-state index in [1.54, 1.807) is 6.92 Å². The fourth-order valence-corrected chi connectivity index (χ4v) is 2.15. The van der Waals surface area contributed by atoms with Crippen LogP contribution in [0, 0.1) is 12.3 Å². The van der Waals surface area contributed by atoms with Gasteiger partial charge >= 0.3 is 0 Å². The van der Waals surface area contributed by atoms with Crippen molar-refractivity contribution < 1.29 is 9.63 Å². The molecule has 0 saturated carbocycles. The van der Waals surface area contributed by atoms with Crippen LogP contribution in [0.4, 0.5) is 5.13 Å². The Labute approximate surface area is 106 Å². The van der Waals surface area contributed by atoms with Crippen LogP contribution >= 0.6 is 11.3 Å². The molecule has 2 N–H and O–H groups in total. The lowest BCUT2D eigenvalue weighted by Gasteiger charge is -2.27. The summed E-state index contributed by atoms with van der Waals surface area (Å²) in [7, 11) is 1.49. The van der Waals surface area contributed by atoms with Gasteiger partial charge in [0.1, 0.15) is 4.88 Å². The topological polar surface area (TPSA) is 68.5 Å². The minimum absolute atomic E-state index is 0.0319. The van der Waals surface area contributed by atoms with Gasteiger partial charge in [-0.15, -0.1) is 0 Å². The van der Waals surface area contributed by atoms with Gasteiger partial charge in [-0.05, 0) is 12.3 Å². The quantitative estimate of drug-likeness (QED) is 0.842. The molecular formula is C11H19N3O2S. The molecule has 0 saturated heterocycles. The Balaban J connectivity index is 2.90. The van der Waals surface area contributed by atoms with E-state index in [1.165, 1.54) is 23.5 Å². The van der Waals surface area contributed by atoms with E-state index in [4.69, 9.17) is 10.6 Å². The minimum Gasteiger partial charge on any atom is -0.375 e. The van der Waals surface area contributed by atoms with Gasteiger partial charge in [0.2, 0.25) is 0 Å². The Kier molecular flexibility index (Phi) is 4.11. The molecule has 96 valence electrons. The molecule has 0 spiro atoms. The SMILES string of the molecule is CON(CC(C)(C)C)C(=O)c1sc(N)nc1C. The summed E-state index contributed by atoms with van der Waals surface area (Å²) in [6, 6.07) is 0. The number of amides is 1. The molecule has 0 aromatic carbocycles. The van der Waals surface area contributed by atoms with Gasteiger partial charge < -0.3 is 5.73 Å². The Hall–Kier alpha value is -1.14. The first-order valence-electron chi connectivity index (χ1n) is 5.33. The Bertz CT molecular complexity index is 409. The Morgan fingerprint density at radius 1 is 1.53 bits per heavy atom. The van der Waals surface area contributed by atoms with Crippen molar-refractivity contribution in [2.45, 2.75) is 27.7 Å². The van der Waals surface area contributed by atoms with Gasteiger partial charge in [0.05, 0.1) is 19.3 Å². The number of nitrogens with two attached hydrogens (primary N) is 1. The molecule has 1 aromatic heterocycles. The summed E-state index contributed by atoms with van der Waals surface area (Å²) in [5.41, 5.74) is 6.20. The maximum absolute atomic E-state index is 12.2. The molecule has 0 fully saturated rings. The molecule has 0 radical (unpaired) electrons. The van der Waals surface area contributed by atoms with Crippen LogP contribution in [-0.4, -0.2) is 29.6 Å². The summed E-state index contributed by atoms with van der Waals surface area (Å²) < 4.78 is 0. The van der Waals surface area contributed by atoms with Gasteiger partial charge in [-0.1, -0.05) is 32.1 Å². The van der Waals surface area contributed by atoms with Crippen molar-refractivity contribution >= 4 is 22.4 Å². The predicted octanol–water partition coefficient (Wildman–Crippen LogP) is 2.08. The van der Waals surface area contributed by atoms with Crippen molar-refractivity contribution in [3.8, 4) is 0 Å². The van der Waals surface area contributed by atoms with Crippen molar-refractivity contribution in [3.05, 3.63) is 10.6 Å². The number of aromatic nitrogens is 1. The summed E-state index contributed by atoms with van der Waals surface area (Å²) in [5, 5.41) is 1.75. The minimum atomic E-state index is -0.186. The number of hydroxylamine groups is 2. The summed E-state index contributed by atoms with van der Waals surface area (Å²) >= 11 is 1.19. The first kappa shape index (κ1) is 13.9. The number of carbonyl (C=O) groups excluding carboxylic acids is 1. The maximum atomic E-state index is 12.2. The van der Waals surface area contributed by atoms with Crippen molar-refractivity contribution in [1.82, 2.24) is 10.0 Å². The van der Waals surface area contributed by atoms with Crippen LogP contribution < -0.4 is 5.73 Å². The number of hydrogen-bond acceptors (Lipinski definition) is 5. The number of hydrogen-bond donors (Lipinski definition) is 1. The second kappa shape index (κ2) is 5.01. The fraction of sp³-hybridized carbons (Fsp3) is 0.636. The zero-order valence-electron chi connectivity index (χ0n) is 10.9. The van der Waals surface area contributed by atoms with E-state index in [0.29, 0.717) is 22.2 Å². The molecule has 5 nitrogen and oxygen atoms in total. The summed E-state index contributed by atoms with van der Waals surface area (Å²) in [5.74, 6) is -0.186. The zero-order chi connectivity index (χ0) is 13.2. The van der Waals surface area contributed by atoms with Crippen LogP contribution in [0.3, 0.4) is 0 Å². The van der Waals surface area contributed by atoms with Crippen molar-refractivity contribution in [2.75, 3.05) is 19.4 Å². The van der Waals surface area contributed by atoms with Gasteiger partial charge in [-0.3, -0.25) is 9.63 Å². The monoisotopic (exact) mass is 257 g/mol. The standard InChI is InChI=1S/C11H19N3O2S/c1-7-8(17-10(12)13-7)9(15)14(16-5)6-11(2,3)4/h6H2,1-5H3,(H2,12,13). The molecule has 0 aliphatic rings. The first-order valence-corrected chi connectivity index (χ1v) is 6.15. The van der Waals surface area contributed by atoms with Gasteiger partial charge in [-0.25, -0.2) is 10.0 Å². The first-order chi connectivity index (χ1) is 7.74. The third-order valence-electron chi connectivity index (χ3n) is 2.07. The lowest BCUT2D eigenvalue weighted by atomic mass is 9.97. The van der Waals surface area contributed by atoms with E-state index in [0.717, 1.165) is 0 Å². The maximum Gasteiger partial charge on any atom is 0.289 e. The highest BCUT2D eigenvalue weighted by Gasteiger charge is 2.25. The number of nitrogen functional groups attached to an aromatic ring is 1. The Morgan fingerprint density at radius 2 is 2.12 bits per heavy atom. The summed E-state index contributed by atoms with van der Waals surface area (Å²) in [6.45, 7) is 8.41. The number of thiazole rings is 1. The average molecular weight is 257 g/mol. The largest absolute Gasteiger partial charge is 0.375 e. The molecule has 1 rings (SSSR count). The number of anilines is 1.